The lowest BCUT2D eigenvalue weighted by molar-refractivity contribution is -0.117. The molecular weight excluding hydrogens is 404 g/mol. The lowest BCUT2D eigenvalue weighted by atomic mass is 9.88. The number of aromatic amines is 1. The Kier molecular flexibility index (Phi) is 5.75. The molecule has 3 aromatic rings. The van der Waals surface area contributed by atoms with E-state index >= 15 is 0 Å². The first kappa shape index (κ1) is 22.0. The number of hydrogen-bond donors (Lipinski definition) is 2. The quantitative estimate of drug-likeness (QED) is 0.574. The predicted octanol–water partition coefficient (Wildman–Crippen LogP) is 4.92. The van der Waals surface area contributed by atoms with Crippen LogP contribution in [-0.4, -0.2) is 32.7 Å². The standard InChI is InChI=1S/C25H30N4O3/c1-14(30)10-16-6-7-17-11-18(8-9-19(16)17)32-21-13-27-23-22(29-21)20(12-26-23)24(31)28-15(2)25(3,4)5/h8-9,11-13,15-16H,6-7,10H2,1-5H3,(H,26,27)(H,28,31)/t15-,16-/m0/s1. The van der Waals surface area contributed by atoms with Crippen LogP contribution < -0.4 is 10.1 Å². The monoisotopic (exact) mass is 434 g/mol. The summed E-state index contributed by atoms with van der Waals surface area (Å²) in [6.07, 6.45) is 5.68. The molecule has 0 unspecified atom stereocenters. The van der Waals surface area contributed by atoms with Crippen molar-refractivity contribution >= 4 is 22.9 Å². The van der Waals surface area contributed by atoms with Crippen molar-refractivity contribution in [3.8, 4) is 11.6 Å². The number of benzene rings is 1. The molecule has 168 valence electrons. The van der Waals surface area contributed by atoms with Crippen molar-refractivity contribution in [3.63, 3.8) is 0 Å². The van der Waals surface area contributed by atoms with Gasteiger partial charge in [0, 0.05) is 18.7 Å². The van der Waals surface area contributed by atoms with E-state index in [1.165, 1.54) is 11.1 Å². The van der Waals surface area contributed by atoms with E-state index in [9.17, 15) is 9.59 Å². The fraction of sp³-hybridized carbons (Fsp3) is 0.440. The smallest absolute Gasteiger partial charge is 0.255 e. The van der Waals surface area contributed by atoms with Gasteiger partial charge in [-0.3, -0.25) is 4.79 Å². The Labute approximate surface area is 188 Å². The van der Waals surface area contributed by atoms with Gasteiger partial charge >= 0.3 is 0 Å². The van der Waals surface area contributed by atoms with Crippen LogP contribution in [0.2, 0.25) is 0 Å². The van der Waals surface area contributed by atoms with Crippen molar-refractivity contribution in [1.82, 2.24) is 20.3 Å². The second kappa shape index (κ2) is 8.37. The van der Waals surface area contributed by atoms with E-state index in [4.69, 9.17) is 4.74 Å². The average Bonchev–Trinajstić information content (AvgIpc) is 3.30. The molecule has 1 aliphatic carbocycles. The largest absolute Gasteiger partial charge is 0.437 e. The van der Waals surface area contributed by atoms with Crippen molar-refractivity contribution in [2.75, 3.05) is 0 Å². The van der Waals surface area contributed by atoms with Crippen LogP contribution in [0.25, 0.3) is 11.2 Å². The number of aromatic nitrogens is 3. The third-order valence-corrected chi connectivity index (χ3v) is 6.32. The summed E-state index contributed by atoms with van der Waals surface area (Å²) in [6.45, 7) is 9.87. The van der Waals surface area contributed by atoms with Gasteiger partial charge in [-0.2, -0.15) is 0 Å². The lowest BCUT2D eigenvalue weighted by Crippen LogP contribution is -2.41. The highest BCUT2D eigenvalue weighted by Crippen LogP contribution is 2.38. The number of ketones is 1. The molecule has 0 radical (unpaired) electrons. The number of nitrogens with zero attached hydrogens (tertiary/aromatic N) is 2. The number of Topliss-reactive ketones (excluding diaryl/α,β-unsaturated/α-hetero) is 1. The number of hydrogen-bond acceptors (Lipinski definition) is 5. The van der Waals surface area contributed by atoms with Gasteiger partial charge in [0.05, 0.1) is 11.8 Å². The maximum absolute atomic E-state index is 12.8. The van der Waals surface area contributed by atoms with Crippen LogP contribution in [0.4, 0.5) is 0 Å². The number of aryl methyl sites for hydroxylation is 1. The summed E-state index contributed by atoms with van der Waals surface area (Å²) < 4.78 is 5.98. The molecule has 7 heteroatoms. The van der Waals surface area contributed by atoms with Crippen molar-refractivity contribution in [2.45, 2.75) is 65.8 Å². The van der Waals surface area contributed by atoms with Crippen LogP contribution >= 0.6 is 0 Å². The summed E-state index contributed by atoms with van der Waals surface area (Å²) in [7, 11) is 0. The van der Waals surface area contributed by atoms with E-state index in [1.54, 1.807) is 19.3 Å². The van der Waals surface area contributed by atoms with Crippen molar-refractivity contribution in [2.24, 2.45) is 5.41 Å². The fourth-order valence-electron chi connectivity index (χ4n) is 4.01. The molecule has 2 heterocycles. The maximum atomic E-state index is 12.8. The topological polar surface area (TPSA) is 97.0 Å². The predicted molar refractivity (Wildman–Crippen MR) is 123 cm³/mol. The number of amides is 1. The van der Waals surface area contributed by atoms with Crippen LogP contribution in [0.5, 0.6) is 11.6 Å². The Morgan fingerprint density at radius 1 is 1.31 bits per heavy atom. The maximum Gasteiger partial charge on any atom is 0.255 e. The van der Waals surface area contributed by atoms with Gasteiger partial charge in [-0.1, -0.05) is 26.8 Å². The Balaban J connectivity index is 1.54. The second-order valence-electron chi connectivity index (χ2n) is 9.77. The normalized spacial score (nSPS) is 16.6. The number of carbonyl (C=O) groups excluding carboxylic acids is 2. The van der Waals surface area contributed by atoms with E-state index in [0.717, 1.165) is 12.8 Å². The molecule has 1 amide bonds. The minimum Gasteiger partial charge on any atom is -0.437 e. The van der Waals surface area contributed by atoms with Crippen LogP contribution in [0.1, 0.15) is 74.9 Å². The molecule has 1 aliphatic rings. The molecule has 0 spiro atoms. The minimum atomic E-state index is -0.195. The van der Waals surface area contributed by atoms with Crippen LogP contribution in [-0.2, 0) is 11.2 Å². The van der Waals surface area contributed by atoms with Gasteiger partial charge in [-0.15, -0.1) is 0 Å². The number of carbonyl (C=O) groups is 2. The van der Waals surface area contributed by atoms with E-state index in [1.807, 2.05) is 25.1 Å². The Morgan fingerprint density at radius 3 is 2.81 bits per heavy atom. The summed E-state index contributed by atoms with van der Waals surface area (Å²) in [5, 5.41) is 3.04. The highest BCUT2D eigenvalue weighted by Gasteiger charge is 2.25. The van der Waals surface area contributed by atoms with E-state index in [0.29, 0.717) is 40.7 Å². The Bertz CT molecular complexity index is 1180. The van der Waals surface area contributed by atoms with E-state index in [-0.39, 0.29) is 23.1 Å². The van der Waals surface area contributed by atoms with Gasteiger partial charge in [-0.05, 0) is 61.3 Å². The van der Waals surface area contributed by atoms with Crippen LogP contribution in [0.3, 0.4) is 0 Å². The molecule has 0 aliphatic heterocycles. The highest BCUT2D eigenvalue weighted by molar-refractivity contribution is 6.04. The molecule has 0 saturated heterocycles. The molecule has 7 nitrogen and oxygen atoms in total. The van der Waals surface area contributed by atoms with E-state index in [2.05, 4.69) is 41.0 Å². The number of H-pyrrole nitrogens is 1. The average molecular weight is 435 g/mol. The molecule has 1 aromatic carbocycles. The van der Waals surface area contributed by atoms with Crippen molar-refractivity contribution in [1.29, 1.82) is 0 Å². The highest BCUT2D eigenvalue weighted by atomic mass is 16.5. The van der Waals surface area contributed by atoms with Gasteiger partial charge in [0.1, 0.15) is 17.0 Å². The minimum absolute atomic E-state index is 0.00872. The van der Waals surface area contributed by atoms with E-state index < -0.39 is 0 Å². The molecule has 2 N–H and O–H groups in total. The molecular formula is C25H30N4O3. The first-order chi connectivity index (χ1) is 15.1. The molecule has 0 bridgehead atoms. The fourth-order valence-corrected chi connectivity index (χ4v) is 4.01. The molecule has 0 saturated carbocycles. The zero-order chi connectivity index (χ0) is 23.0. The third-order valence-electron chi connectivity index (χ3n) is 6.32. The number of ether oxygens (including phenoxy) is 1. The van der Waals surface area contributed by atoms with Gasteiger partial charge in [-0.25, -0.2) is 9.97 Å². The van der Waals surface area contributed by atoms with Gasteiger partial charge < -0.3 is 19.8 Å². The third kappa shape index (κ3) is 4.52. The summed E-state index contributed by atoms with van der Waals surface area (Å²) in [6, 6.07) is 5.95. The molecule has 4 rings (SSSR count). The molecule has 0 fully saturated rings. The zero-order valence-corrected chi connectivity index (χ0v) is 19.3. The summed E-state index contributed by atoms with van der Waals surface area (Å²) in [5.74, 6) is 1.32. The summed E-state index contributed by atoms with van der Waals surface area (Å²) >= 11 is 0. The van der Waals surface area contributed by atoms with Gasteiger partial charge in [0.15, 0.2) is 5.65 Å². The Morgan fingerprint density at radius 2 is 2.09 bits per heavy atom. The SMILES string of the molecule is CC(=O)C[C@@H]1CCc2cc(Oc3cnc4[nH]cc(C(=O)N[C@@H](C)C(C)(C)C)c4n3)ccc21. The molecule has 32 heavy (non-hydrogen) atoms. The second-order valence-corrected chi connectivity index (χ2v) is 9.77. The van der Waals surface area contributed by atoms with Crippen molar-refractivity contribution in [3.05, 3.63) is 47.3 Å². The van der Waals surface area contributed by atoms with Crippen molar-refractivity contribution < 1.29 is 14.3 Å². The molecule has 2 atom stereocenters. The lowest BCUT2D eigenvalue weighted by Gasteiger charge is -2.27. The molecule has 2 aromatic heterocycles. The summed E-state index contributed by atoms with van der Waals surface area (Å²) in [5.41, 5.74) is 3.83. The van der Waals surface area contributed by atoms with Crippen LogP contribution in [0, 0.1) is 5.41 Å². The zero-order valence-electron chi connectivity index (χ0n) is 19.3. The Hall–Kier alpha value is -3.22. The first-order valence-corrected chi connectivity index (χ1v) is 11.1. The number of rotatable bonds is 6. The first-order valence-electron chi connectivity index (χ1n) is 11.1. The van der Waals surface area contributed by atoms with Crippen LogP contribution in [0.15, 0.2) is 30.6 Å². The van der Waals surface area contributed by atoms with Gasteiger partial charge in [0.25, 0.3) is 5.91 Å². The van der Waals surface area contributed by atoms with Gasteiger partial charge in [0.2, 0.25) is 5.88 Å². The summed E-state index contributed by atoms with van der Waals surface area (Å²) in [4.78, 5) is 36.3. The number of fused-ring (bicyclic) bond motifs is 2. The number of nitrogens with one attached hydrogen (secondary N) is 2.